The number of nitrogens with zero attached hydrogens (tertiary/aromatic N) is 1. The van der Waals surface area contributed by atoms with Gasteiger partial charge in [-0.05, 0) is 42.0 Å². The van der Waals surface area contributed by atoms with Gasteiger partial charge in [-0.25, -0.2) is 0 Å². The van der Waals surface area contributed by atoms with Crippen LogP contribution in [0.15, 0.2) is 89.4 Å². The van der Waals surface area contributed by atoms with Crippen LogP contribution in [0.2, 0.25) is 0 Å². The number of nitrogens with two attached hydrogens (primary N) is 1. The molecule has 1 atom stereocenters. The molecule has 0 radical (unpaired) electrons. The zero-order valence-electron chi connectivity index (χ0n) is 13.0. The summed E-state index contributed by atoms with van der Waals surface area (Å²) in [7, 11) is 0. The fraction of sp³-hybridized carbons (Fsp3) is 0.0500. The summed E-state index contributed by atoms with van der Waals surface area (Å²) >= 11 is 3.47. The minimum absolute atomic E-state index is 0.402. The lowest BCUT2D eigenvalue weighted by Crippen LogP contribution is -2.35. The maximum atomic E-state index is 12.4. The highest BCUT2D eigenvalue weighted by Gasteiger charge is 2.27. The van der Waals surface area contributed by atoms with Gasteiger partial charge in [0.2, 0.25) is 5.91 Å². The van der Waals surface area contributed by atoms with Crippen LogP contribution >= 0.6 is 15.9 Å². The normalized spacial score (nSPS) is 11.7. The molecule has 0 aromatic heterocycles. The summed E-state index contributed by atoms with van der Waals surface area (Å²) in [6, 6.07) is 26.7. The van der Waals surface area contributed by atoms with Crippen molar-refractivity contribution in [3.8, 4) is 0 Å². The lowest BCUT2D eigenvalue weighted by molar-refractivity contribution is -0.119. The summed E-state index contributed by atoms with van der Waals surface area (Å²) in [5.74, 6) is -0.402. The number of hydrogen-bond acceptors (Lipinski definition) is 2. The molecule has 1 amide bonds. The highest BCUT2D eigenvalue weighted by molar-refractivity contribution is 9.10. The number of anilines is 2. The molecule has 2 N–H and O–H groups in total. The molecule has 3 nitrogen and oxygen atoms in total. The Morgan fingerprint density at radius 3 is 1.83 bits per heavy atom. The number of benzene rings is 3. The Morgan fingerprint density at radius 2 is 1.38 bits per heavy atom. The van der Waals surface area contributed by atoms with Crippen LogP contribution in [0, 0.1) is 0 Å². The number of rotatable bonds is 5. The summed E-state index contributed by atoms with van der Waals surface area (Å²) < 4.78 is 0.910. The summed E-state index contributed by atoms with van der Waals surface area (Å²) in [5, 5.41) is 0. The van der Waals surface area contributed by atoms with E-state index in [1.54, 1.807) is 0 Å². The highest BCUT2D eigenvalue weighted by Crippen LogP contribution is 2.35. The first-order valence-electron chi connectivity index (χ1n) is 7.61. The van der Waals surface area contributed by atoms with Crippen molar-refractivity contribution >= 4 is 33.2 Å². The lowest BCUT2D eigenvalue weighted by Gasteiger charge is -2.32. The minimum Gasteiger partial charge on any atom is -0.368 e. The van der Waals surface area contributed by atoms with Crippen LogP contribution in [-0.2, 0) is 4.79 Å². The summed E-state index contributed by atoms with van der Waals surface area (Å²) in [6.45, 7) is 0. The number of primary amides is 1. The Kier molecular flexibility index (Phi) is 4.96. The molecule has 0 fully saturated rings. The van der Waals surface area contributed by atoms with E-state index in [0.717, 1.165) is 21.4 Å². The molecule has 4 heteroatoms. The molecule has 0 saturated heterocycles. The SMILES string of the molecule is NC(=O)C(c1cccc(Br)c1)N(c1ccccc1)c1ccccc1. The van der Waals surface area contributed by atoms with Gasteiger partial charge in [-0.1, -0.05) is 64.5 Å². The number of amides is 1. The number of hydrogen-bond donors (Lipinski definition) is 1. The third-order valence-corrected chi connectivity index (χ3v) is 4.25. The van der Waals surface area contributed by atoms with Crippen molar-refractivity contribution in [3.63, 3.8) is 0 Å². The molecule has 0 aliphatic rings. The molecular formula is C20H17BrN2O. The van der Waals surface area contributed by atoms with Gasteiger partial charge >= 0.3 is 0 Å². The van der Waals surface area contributed by atoms with Crippen molar-refractivity contribution < 1.29 is 4.79 Å². The molecule has 3 aromatic carbocycles. The fourth-order valence-corrected chi connectivity index (χ4v) is 3.16. The molecule has 0 heterocycles. The number of para-hydroxylation sites is 2. The van der Waals surface area contributed by atoms with Crippen molar-refractivity contribution in [3.05, 3.63) is 95.0 Å². The molecule has 0 saturated carbocycles. The van der Waals surface area contributed by atoms with Gasteiger partial charge in [-0.2, -0.15) is 0 Å². The first kappa shape index (κ1) is 16.3. The average molecular weight is 381 g/mol. The second-order valence-corrected chi connectivity index (χ2v) is 6.32. The number of carbonyl (C=O) groups is 1. The predicted molar refractivity (Wildman–Crippen MR) is 101 cm³/mol. The quantitative estimate of drug-likeness (QED) is 0.689. The van der Waals surface area contributed by atoms with Crippen LogP contribution < -0.4 is 10.6 Å². The molecule has 3 rings (SSSR count). The molecule has 0 bridgehead atoms. The zero-order valence-corrected chi connectivity index (χ0v) is 14.6. The molecular weight excluding hydrogens is 364 g/mol. The summed E-state index contributed by atoms with van der Waals surface area (Å²) in [4.78, 5) is 14.3. The van der Waals surface area contributed by atoms with E-state index in [9.17, 15) is 4.79 Å². The maximum absolute atomic E-state index is 12.4. The van der Waals surface area contributed by atoms with Crippen LogP contribution in [0.5, 0.6) is 0 Å². The van der Waals surface area contributed by atoms with E-state index < -0.39 is 11.9 Å². The second-order valence-electron chi connectivity index (χ2n) is 5.40. The Balaban J connectivity index is 2.17. The standard InChI is InChI=1S/C20H17BrN2O/c21-16-9-7-8-15(14-16)19(20(22)24)23(17-10-3-1-4-11-17)18-12-5-2-6-13-18/h1-14,19H,(H2,22,24). The van der Waals surface area contributed by atoms with Crippen LogP contribution in [-0.4, -0.2) is 5.91 Å². The molecule has 0 aliphatic carbocycles. The minimum atomic E-state index is -0.604. The van der Waals surface area contributed by atoms with E-state index >= 15 is 0 Å². The Hall–Kier alpha value is -2.59. The molecule has 120 valence electrons. The van der Waals surface area contributed by atoms with Crippen molar-refractivity contribution in [2.45, 2.75) is 6.04 Å². The smallest absolute Gasteiger partial charge is 0.245 e. The predicted octanol–water partition coefficient (Wildman–Crippen LogP) is 4.81. The number of carbonyl (C=O) groups excluding carboxylic acids is 1. The number of halogens is 1. The van der Waals surface area contributed by atoms with Gasteiger partial charge in [0, 0.05) is 15.8 Å². The Bertz CT molecular complexity index is 782. The van der Waals surface area contributed by atoms with Crippen molar-refractivity contribution in [1.29, 1.82) is 0 Å². The van der Waals surface area contributed by atoms with Crippen LogP contribution in [0.4, 0.5) is 11.4 Å². The van der Waals surface area contributed by atoms with Gasteiger partial charge in [-0.3, -0.25) is 4.79 Å². The Morgan fingerprint density at radius 1 is 0.833 bits per heavy atom. The van der Waals surface area contributed by atoms with Gasteiger partial charge in [0.1, 0.15) is 6.04 Å². The van der Waals surface area contributed by atoms with E-state index in [2.05, 4.69) is 15.9 Å². The highest BCUT2D eigenvalue weighted by atomic mass is 79.9. The lowest BCUT2D eigenvalue weighted by atomic mass is 10.0. The van der Waals surface area contributed by atoms with E-state index in [-0.39, 0.29) is 0 Å². The first-order valence-corrected chi connectivity index (χ1v) is 8.40. The van der Waals surface area contributed by atoms with Crippen LogP contribution in [0.25, 0.3) is 0 Å². The van der Waals surface area contributed by atoms with E-state index in [1.807, 2.05) is 89.8 Å². The molecule has 0 spiro atoms. The van der Waals surface area contributed by atoms with Crippen molar-refractivity contribution in [2.75, 3.05) is 4.90 Å². The van der Waals surface area contributed by atoms with Crippen molar-refractivity contribution in [1.82, 2.24) is 0 Å². The van der Waals surface area contributed by atoms with Gasteiger partial charge in [-0.15, -0.1) is 0 Å². The van der Waals surface area contributed by atoms with Crippen LogP contribution in [0.1, 0.15) is 11.6 Å². The van der Waals surface area contributed by atoms with E-state index in [4.69, 9.17) is 5.73 Å². The average Bonchev–Trinajstić information content (AvgIpc) is 2.60. The third-order valence-electron chi connectivity index (χ3n) is 3.76. The third kappa shape index (κ3) is 3.49. The van der Waals surface area contributed by atoms with Gasteiger partial charge in [0.25, 0.3) is 0 Å². The summed E-state index contributed by atoms with van der Waals surface area (Å²) in [5.41, 5.74) is 8.46. The second kappa shape index (κ2) is 7.32. The molecule has 0 aliphatic heterocycles. The summed E-state index contributed by atoms with van der Waals surface area (Å²) in [6.07, 6.45) is 0. The molecule has 1 unspecified atom stereocenters. The maximum Gasteiger partial charge on any atom is 0.245 e. The van der Waals surface area contributed by atoms with Gasteiger partial charge in [0.15, 0.2) is 0 Å². The first-order chi connectivity index (χ1) is 11.7. The van der Waals surface area contributed by atoms with E-state index in [1.165, 1.54) is 0 Å². The van der Waals surface area contributed by atoms with Gasteiger partial charge < -0.3 is 10.6 Å². The zero-order chi connectivity index (χ0) is 16.9. The largest absolute Gasteiger partial charge is 0.368 e. The molecule has 24 heavy (non-hydrogen) atoms. The fourth-order valence-electron chi connectivity index (χ4n) is 2.74. The van der Waals surface area contributed by atoms with Crippen molar-refractivity contribution in [2.24, 2.45) is 5.73 Å². The van der Waals surface area contributed by atoms with Crippen LogP contribution in [0.3, 0.4) is 0 Å². The van der Waals surface area contributed by atoms with Gasteiger partial charge in [0.05, 0.1) is 0 Å². The topological polar surface area (TPSA) is 46.3 Å². The molecule has 3 aromatic rings. The monoisotopic (exact) mass is 380 g/mol. The van der Waals surface area contributed by atoms with E-state index in [0.29, 0.717) is 0 Å². The Labute approximate surface area is 149 Å².